The molecule has 3 N–H and O–H groups in total. The summed E-state index contributed by atoms with van der Waals surface area (Å²) in [7, 11) is 1.96. The standard InChI is InChI=1S/C46H53ClFN9O5/c1-54-40(20-28-4-5-28)36(23-50-54)42-38(47)24-49-45(53-42)51-32-8-10-33(11-9-32)56(46(61)62)19-14-27-2-6-29(7-3-27)25-55-17-15-30(16-18-55)34-21-31(48)22-35-37(34)26-57(44(35)60)39-12-13-41(58)52-43(39)59/h2-3,6-7,21-24,28,30,32-33,39H,4-5,8-20,25-26H2,1H3,(H,61,62)(H,49,51,53)(H,52,58,59)/t32-,33-,39?. The number of benzene rings is 2. The van der Waals surface area contributed by atoms with E-state index in [9.17, 15) is 28.7 Å². The van der Waals surface area contributed by atoms with Crippen LogP contribution in [0, 0.1) is 11.7 Å². The van der Waals surface area contributed by atoms with Gasteiger partial charge in [-0.15, -0.1) is 0 Å². The highest BCUT2D eigenvalue weighted by molar-refractivity contribution is 6.33. The normalized spacial score (nSPS) is 22.1. The molecule has 2 aromatic heterocycles. The fourth-order valence-corrected chi connectivity index (χ4v) is 10.2. The van der Waals surface area contributed by atoms with Gasteiger partial charge in [0.2, 0.25) is 17.8 Å². The number of likely N-dealkylation sites (tertiary alicyclic amines) is 1. The van der Waals surface area contributed by atoms with Crippen LogP contribution in [0.5, 0.6) is 0 Å². The molecule has 4 fully saturated rings. The summed E-state index contributed by atoms with van der Waals surface area (Å²) in [5.74, 6) is -0.334. The molecule has 62 heavy (non-hydrogen) atoms. The van der Waals surface area contributed by atoms with Crippen LogP contribution in [0.1, 0.15) is 108 Å². The van der Waals surface area contributed by atoms with Crippen LogP contribution in [-0.2, 0) is 42.6 Å². The molecule has 5 heterocycles. The van der Waals surface area contributed by atoms with Crippen molar-refractivity contribution in [2.24, 2.45) is 13.0 Å². The number of nitrogens with zero attached hydrogens (tertiary/aromatic N) is 7. The molecule has 4 aromatic rings. The first-order valence-electron chi connectivity index (χ1n) is 22.0. The molecule has 1 unspecified atom stereocenters. The lowest BCUT2D eigenvalue weighted by Crippen LogP contribution is -2.52. The van der Waals surface area contributed by atoms with Crippen LogP contribution in [0.15, 0.2) is 48.8 Å². The summed E-state index contributed by atoms with van der Waals surface area (Å²) in [6.07, 6.45) is 11.8. The first-order valence-corrected chi connectivity index (χ1v) is 22.4. The molecule has 2 aromatic carbocycles. The number of anilines is 1. The molecule has 2 aliphatic carbocycles. The predicted molar refractivity (Wildman–Crippen MR) is 230 cm³/mol. The number of amides is 4. The number of rotatable bonds is 13. The number of nitrogens with one attached hydrogen (secondary N) is 2. The van der Waals surface area contributed by atoms with Gasteiger partial charge in [-0.1, -0.05) is 35.9 Å². The monoisotopic (exact) mass is 865 g/mol. The number of carbonyl (C=O) groups excluding carboxylic acids is 3. The van der Waals surface area contributed by atoms with Gasteiger partial charge in [0.05, 0.1) is 23.1 Å². The molecule has 16 heteroatoms. The number of carbonyl (C=O) groups is 4. The molecule has 1 atom stereocenters. The maximum atomic E-state index is 14.9. The lowest BCUT2D eigenvalue weighted by molar-refractivity contribution is -0.136. The van der Waals surface area contributed by atoms with E-state index in [1.54, 1.807) is 17.2 Å². The quantitative estimate of drug-likeness (QED) is 0.123. The van der Waals surface area contributed by atoms with E-state index in [4.69, 9.17) is 16.6 Å². The van der Waals surface area contributed by atoms with E-state index in [0.29, 0.717) is 41.1 Å². The van der Waals surface area contributed by atoms with Crippen molar-refractivity contribution < 1.29 is 28.7 Å². The Morgan fingerprint density at radius 1 is 0.968 bits per heavy atom. The number of halogens is 2. The van der Waals surface area contributed by atoms with Crippen LogP contribution in [0.25, 0.3) is 11.3 Å². The second-order valence-corrected chi connectivity index (χ2v) is 18.2. The van der Waals surface area contributed by atoms with Gasteiger partial charge in [-0.25, -0.2) is 19.2 Å². The van der Waals surface area contributed by atoms with Crippen molar-refractivity contribution in [2.75, 3.05) is 25.0 Å². The Bertz CT molecular complexity index is 2350. The molecule has 0 radical (unpaired) electrons. The smallest absolute Gasteiger partial charge is 0.407 e. The number of imide groups is 1. The highest BCUT2D eigenvalue weighted by Gasteiger charge is 2.41. The Morgan fingerprint density at radius 3 is 2.42 bits per heavy atom. The van der Waals surface area contributed by atoms with Crippen LogP contribution in [0.2, 0.25) is 5.02 Å². The van der Waals surface area contributed by atoms with Crippen LogP contribution >= 0.6 is 11.6 Å². The first-order chi connectivity index (χ1) is 30.0. The average molecular weight is 866 g/mol. The van der Waals surface area contributed by atoms with Crippen molar-refractivity contribution in [1.29, 1.82) is 0 Å². The second kappa shape index (κ2) is 17.8. The SMILES string of the molecule is Cn1ncc(-c2nc(N[C@H]3CC[C@H](N(CCc4ccc(CN5CCC(c6cc(F)cc7c6CN(C6CCC(=O)NC6=O)C7=O)CC5)cc4)C(=O)O)CC3)ncc2Cl)c1CC1CC1. The number of aromatic nitrogens is 4. The van der Waals surface area contributed by atoms with Crippen LogP contribution < -0.4 is 10.6 Å². The number of fused-ring (bicyclic) bond motifs is 1. The van der Waals surface area contributed by atoms with Crippen molar-refractivity contribution in [3.63, 3.8) is 0 Å². The topological polar surface area (TPSA) is 166 Å². The number of piperidine rings is 2. The van der Waals surface area contributed by atoms with E-state index in [2.05, 4.69) is 49.9 Å². The molecule has 3 aliphatic heterocycles. The zero-order valence-electron chi connectivity index (χ0n) is 35.0. The molecule has 4 amide bonds. The fourth-order valence-electron chi connectivity index (χ4n) is 10.0. The zero-order valence-corrected chi connectivity index (χ0v) is 35.7. The molecular formula is C46H53ClFN9O5. The molecule has 5 aliphatic rings. The number of hydrogen-bond donors (Lipinski definition) is 3. The third kappa shape index (κ3) is 9.05. The summed E-state index contributed by atoms with van der Waals surface area (Å²) >= 11 is 6.60. The Morgan fingerprint density at radius 2 is 1.71 bits per heavy atom. The number of aryl methyl sites for hydroxylation is 1. The van der Waals surface area contributed by atoms with E-state index in [1.165, 1.54) is 29.4 Å². The second-order valence-electron chi connectivity index (χ2n) is 17.8. The maximum absolute atomic E-state index is 14.9. The summed E-state index contributed by atoms with van der Waals surface area (Å²) in [5, 5.41) is 21.0. The van der Waals surface area contributed by atoms with Gasteiger partial charge < -0.3 is 20.2 Å². The maximum Gasteiger partial charge on any atom is 0.407 e. The van der Waals surface area contributed by atoms with Gasteiger partial charge in [0.1, 0.15) is 11.9 Å². The molecule has 2 saturated carbocycles. The average Bonchev–Trinajstić information content (AvgIpc) is 3.94. The molecule has 14 nitrogen and oxygen atoms in total. The minimum atomic E-state index is -0.896. The summed E-state index contributed by atoms with van der Waals surface area (Å²) in [6, 6.07) is 10.6. The molecule has 0 bridgehead atoms. The van der Waals surface area contributed by atoms with Gasteiger partial charge in [0.15, 0.2) is 0 Å². The van der Waals surface area contributed by atoms with Crippen LogP contribution in [0.3, 0.4) is 0 Å². The van der Waals surface area contributed by atoms with Gasteiger partial charge >= 0.3 is 6.09 Å². The summed E-state index contributed by atoms with van der Waals surface area (Å²) in [5.41, 5.74) is 6.96. The van der Waals surface area contributed by atoms with E-state index in [1.807, 2.05) is 17.9 Å². The van der Waals surface area contributed by atoms with E-state index < -0.39 is 23.9 Å². The number of carboxylic acid groups (broad SMARTS) is 1. The van der Waals surface area contributed by atoms with Crippen LogP contribution in [-0.4, -0.2) is 101 Å². The third-order valence-electron chi connectivity index (χ3n) is 13.7. The van der Waals surface area contributed by atoms with Crippen molar-refractivity contribution >= 4 is 41.4 Å². The third-order valence-corrected chi connectivity index (χ3v) is 14.0. The van der Waals surface area contributed by atoms with E-state index in [-0.39, 0.29) is 49.2 Å². The molecule has 0 spiro atoms. The molecular weight excluding hydrogens is 813 g/mol. The van der Waals surface area contributed by atoms with Gasteiger partial charge in [0, 0.05) is 62.0 Å². The highest BCUT2D eigenvalue weighted by Crippen LogP contribution is 2.39. The van der Waals surface area contributed by atoms with E-state index in [0.717, 1.165) is 92.5 Å². The minimum absolute atomic E-state index is 0.0620. The Hall–Kier alpha value is -5.41. The first kappa shape index (κ1) is 41.9. The van der Waals surface area contributed by atoms with Crippen LogP contribution in [0.4, 0.5) is 15.1 Å². The number of hydrogen-bond acceptors (Lipinski definition) is 9. The van der Waals surface area contributed by atoms with Gasteiger partial charge in [-0.2, -0.15) is 5.10 Å². The minimum Gasteiger partial charge on any atom is -0.465 e. The Kier molecular flexibility index (Phi) is 12.0. The Balaban J connectivity index is 0.743. The van der Waals surface area contributed by atoms with Gasteiger partial charge in [0.25, 0.3) is 5.91 Å². The Labute approximate surface area is 365 Å². The van der Waals surface area contributed by atoms with E-state index >= 15 is 0 Å². The van der Waals surface area contributed by atoms with Crippen molar-refractivity contribution in [3.05, 3.63) is 93.1 Å². The van der Waals surface area contributed by atoms with Crippen molar-refractivity contribution in [2.45, 2.75) is 114 Å². The molecule has 326 valence electrons. The highest BCUT2D eigenvalue weighted by atomic mass is 35.5. The zero-order chi connectivity index (χ0) is 43.1. The van der Waals surface area contributed by atoms with Gasteiger partial charge in [-0.05, 0) is 130 Å². The predicted octanol–water partition coefficient (Wildman–Crippen LogP) is 6.71. The van der Waals surface area contributed by atoms with Gasteiger partial charge in [-0.3, -0.25) is 29.3 Å². The lowest BCUT2D eigenvalue weighted by Gasteiger charge is -2.35. The van der Waals surface area contributed by atoms with Crippen molar-refractivity contribution in [3.8, 4) is 11.3 Å². The van der Waals surface area contributed by atoms with Crippen molar-refractivity contribution in [1.82, 2.24) is 39.8 Å². The summed E-state index contributed by atoms with van der Waals surface area (Å²) < 4.78 is 16.8. The molecule has 9 rings (SSSR count). The summed E-state index contributed by atoms with van der Waals surface area (Å²) in [6.45, 7) is 3.05. The summed E-state index contributed by atoms with van der Waals surface area (Å²) in [4.78, 5) is 64.9. The largest absolute Gasteiger partial charge is 0.465 e. The lowest BCUT2D eigenvalue weighted by atomic mass is 9.85. The fraction of sp³-hybridized carbons (Fsp3) is 0.500. The molecule has 2 saturated heterocycles.